The smallest absolute Gasteiger partial charge is 0.242 e. The topological polar surface area (TPSA) is 39.4 Å². The van der Waals surface area contributed by atoms with Gasteiger partial charge >= 0.3 is 0 Å². The van der Waals surface area contributed by atoms with Gasteiger partial charge in [0.2, 0.25) is 11.7 Å². The summed E-state index contributed by atoms with van der Waals surface area (Å²) < 4.78 is 21.7. The fourth-order valence-corrected chi connectivity index (χ4v) is 3.35. The Labute approximate surface area is 142 Å². The Kier molecular flexibility index (Phi) is 3.54. The van der Waals surface area contributed by atoms with E-state index >= 15 is 0 Å². The number of thiophene rings is 1. The molecule has 24 heavy (non-hydrogen) atoms. The molecular formula is C18H14FN3OS. The first-order chi connectivity index (χ1) is 11.6. The summed E-state index contributed by atoms with van der Waals surface area (Å²) in [7, 11) is 0. The summed E-state index contributed by atoms with van der Waals surface area (Å²) in [5, 5.41) is 1.51. The Morgan fingerprint density at radius 3 is 2.67 bits per heavy atom. The van der Waals surface area contributed by atoms with Crippen LogP contribution in [0.4, 0.5) is 4.39 Å². The van der Waals surface area contributed by atoms with E-state index in [-0.39, 0.29) is 5.82 Å². The maximum atomic E-state index is 14.0. The SMILES string of the molecule is Cc1scc(F)c1-c1cnc2nc(Oc3ccccc3)c(C)n2c1. The maximum Gasteiger partial charge on any atom is 0.242 e. The highest BCUT2D eigenvalue weighted by atomic mass is 32.1. The second-order valence-corrected chi connectivity index (χ2v) is 6.53. The molecule has 6 heteroatoms. The largest absolute Gasteiger partial charge is 0.437 e. The number of benzene rings is 1. The molecule has 120 valence electrons. The minimum atomic E-state index is -0.225. The summed E-state index contributed by atoms with van der Waals surface area (Å²) in [4.78, 5) is 9.69. The number of aryl methyl sites for hydroxylation is 2. The van der Waals surface area contributed by atoms with Gasteiger partial charge in [0.15, 0.2) is 0 Å². The molecule has 0 aliphatic heterocycles. The quantitative estimate of drug-likeness (QED) is 0.527. The third-order valence-electron chi connectivity index (χ3n) is 3.85. The van der Waals surface area contributed by atoms with Crippen LogP contribution in [-0.4, -0.2) is 14.4 Å². The van der Waals surface area contributed by atoms with Crippen LogP contribution in [0.3, 0.4) is 0 Å². The van der Waals surface area contributed by atoms with Crippen molar-refractivity contribution in [2.45, 2.75) is 13.8 Å². The van der Waals surface area contributed by atoms with Crippen LogP contribution in [0.5, 0.6) is 11.6 Å². The number of imidazole rings is 1. The summed E-state index contributed by atoms with van der Waals surface area (Å²) in [5.74, 6) is 1.50. The molecule has 0 saturated heterocycles. The van der Waals surface area contributed by atoms with Crippen molar-refractivity contribution in [1.82, 2.24) is 14.4 Å². The standard InChI is InChI=1S/C18H14FN3OS/c1-11-17(23-14-6-4-3-5-7-14)21-18-20-8-13(9-22(11)18)16-12(2)24-10-15(16)19/h3-10H,1-2H3. The molecular weight excluding hydrogens is 325 g/mol. The molecule has 1 aromatic carbocycles. The summed E-state index contributed by atoms with van der Waals surface area (Å²) in [6.45, 7) is 3.80. The predicted molar refractivity (Wildman–Crippen MR) is 92.2 cm³/mol. The first kappa shape index (κ1) is 14.8. The minimum absolute atomic E-state index is 0.225. The Balaban J connectivity index is 1.79. The van der Waals surface area contributed by atoms with E-state index in [9.17, 15) is 4.39 Å². The Hall–Kier alpha value is -2.73. The lowest BCUT2D eigenvalue weighted by Crippen LogP contribution is -1.93. The fourth-order valence-electron chi connectivity index (χ4n) is 2.62. The molecule has 0 aliphatic rings. The van der Waals surface area contributed by atoms with Gasteiger partial charge in [-0.3, -0.25) is 4.40 Å². The molecule has 4 aromatic rings. The van der Waals surface area contributed by atoms with E-state index in [4.69, 9.17) is 4.74 Å². The van der Waals surface area contributed by atoms with Gasteiger partial charge in [-0.05, 0) is 26.0 Å². The summed E-state index contributed by atoms with van der Waals surface area (Å²) in [5.41, 5.74) is 2.13. The van der Waals surface area contributed by atoms with Crippen LogP contribution in [0.15, 0.2) is 48.1 Å². The van der Waals surface area contributed by atoms with Gasteiger partial charge in [0.05, 0.1) is 5.69 Å². The van der Waals surface area contributed by atoms with Gasteiger partial charge in [-0.25, -0.2) is 9.37 Å². The van der Waals surface area contributed by atoms with Gasteiger partial charge in [-0.1, -0.05) is 18.2 Å². The second kappa shape index (κ2) is 5.72. The van der Waals surface area contributed by atoms with Crippen molar-refractivity contribution in [3.63, 3.8) is 0 Å². The van der Waals surface area contributed by atoms with Crippen molar-refractivity contribution in [2.75, 3.05) is 0 Å². The normalized spacial score (nSPS) is 11.1. The van der Waals surface area contributed by atoms with E-state index in [0.717, 1.165) is 16.1 Å². The molecule has 4 rings (SSSR count). The highest BCUT2D eigenvalue weighted by Gasteiger charge is 2.15. The van der Waals surface area contributed by atoms with Crippen molar-refractivity contribution in [2.24, 2.45) is 0 Å². The molecule has 4 nitrogen and oxygen atoms in total. The van der Waals surface area contributed by atoms with Crippen molar-refractivity contribution < 1.29 is 9.13 Å². The van der Waals surface area contributed by atoms with E-state index in [1.165, 1.54) is 16.7 Å². The predicted octanol–water partition coefficient (Wildman–Crippen LogP) is 5.01. The fraction of sp³-hybridized carbons (Fsp3) is 0.111. The molecule has 3 heterocycles. The number of para-hydroxylation sites is 1. The van der Waals surface area contributed by atoms with Crippen molar-refractivity contribution in [3.8, 4) is 22.8 Å². The molecule has 0 spiro atoms. The van der Waals surface area contributed by atoms with E-state index in [1.54, 1.807) is 6.20 Å². The highest BCUT2D eigenvalue weighted by Crippen LogP contribution is 2.32. The van der Waals surface area contributed by atoms with Gasteiger partial charge in [0.1, 0.15) is 11.6 Å². The van der Waals surface area contributed by atoms with Crippen LogP contribution in [0.2, 0.25) is 0 Å². The lowest BCUT2D eigenvalue weighted by Gasteiger charge is -2.04. The molecule has 0 radical (unpaired) electrons. The number of ether oxygens (including phenoxy) is 1. The van der Waals surface area contributed by atoms with Crippen LogP contribution in [0, 0.1) is 19.7 Å². The highest BCUT2D eigenvalue weighted by molar-refractivity contribution is 7.10. The maximum absolute atomic E-state index is 14.0. The Morgan fingerprint density at radius 1 is 1.17 bits per heavy atom. The number of hydrogen-bond acceptors (Lipinski definition) is 4. The van der Waals surface area contributed by atoms with E-state index in [2.05, 4.69) is 9.97 Å². The van der Waals surface area contributed by atoms with Gasteiger partial charge in [-0.15, -0.1) is 11.3 Å². The number of nitrogens with zero attached hydrogens (tertiary/aromatic N) is 3. The van der Waals surface area contributed by atoms with E-state index in [1.807, 2.05) is 54.8 Å². The van der Waals surface area contributed by atoms with Crippen LogP contribution < -0.4 is 4.74 Å². The summed E-state index contributed by atoms with van der Waals surface area (Å²) in [6.07, 6.45) is 3.49. The third kappa shape index (κ3) is 2.45. The molecule has 0 atom stereocenters. The van der Waals surface area contributed by atoms with Crippen LogP contribution in [0.25, 0.3) is 16.9 Å². The van der Waals surface area contributed by atoms with E-state index < -0.39 is 0 Å². The molecule has 0 saturated carbocycles. The van der Waals surface area contributed by atoms with Gasteiger partial charge < -0.3 is 4.74 Å². The lowest BCUT2D eigenvalue weighted by molar-refractivity contribution is 0.462. The van der Waals surface area contributed by atoms with Gasteiger partial charge in [0.25, 0.3) is 0 Å². The minimum Gasteiger partial charge on any atom is -0.437 e. The molecule has 0 bridgehead atoms. The third-order valence-corrected chi connectivity index (χ3v) is 4.73. The van der Waals surface area contributed by atoms with Crippen LogP contribution in [0.1, 0.15) is 10.6 Å². The number of hydrogen-bond donors (Lipinski definition) is 0. The van der Waals surface area contributed by atoms with Crippen LogP contribution in [-0.2, 0) is 0 Å². The number of fused-ring (bicyclic) bond motifs is 1. The number of aromatic nitrogens is 3. The van der Waals surface area contributed by atoms with Crippen LogP contribution >= 0.6 is 11.3 Å². The zero-order valence-electron chi connectivity index (χ0n) is 13.2. The molecule has 3 aromatic heterocycles. The first-order valence-corrected chi connectivity index (χ1v) is 8.33. The zero-order chi connectivity index (χ0) is 16.7. The number of rotatable bonds is 3. The van der Waals surface area contributed by atoms with Gasteiger partial charge in [-0.2, -0.15) is 4.98 Å². The Bertz CT molecular complexity index is 1000. The van der Waals surface area contributed by atoms with E-state index in [0.29, 0.717) is 23.0 Å². The monoisotopic (exact) mass is 339 g/mol. The Morgan fingerprint density at radius 2 is 1.96 bits per heavy atom. The number of halogens is 1. The zero-order valence-corrected chi connectivity index (χ0v) is 14.0. The van der Waals surface area contributed by atoms with Gasteiger partial charge in [0, 0.05) is 33.8 Å². The average molecular weight is 339 g/mol. The molecule has 0 aliphatic carbocycles. The lowest BCUT2D eigenvalue weighted by atomic mass is 10.1. The van der Waals surface area contributed by atoms with Crippen molar-refractivity contribution in [1.29, 1.82) is 0 Å². The van der Waals surface area contributed by atoms with Crippen molar-refractivity contribution in [3.05, 3.63) is 64.5 Å². The molecule has 0 unspecified atom stereocenters. The summed E-state index contributed by atoms with van der Waals surface area (Å²) in [6, 6.07) is 9.46. The first-order valence-electron chi connectivity index (χ1n) is 7.45. The summed E-state index contributed by atoms with van der Waals surface area (Å²) >= 11 is 1.39. The second-order valence-electron chi connectivity index (χ2n) is 5.44. The van der Waals surface area contributed by atoms with Crippen molar-refractivity contribution >= 4 is 17.1 Å². The molecule has 0 amide bonds. The molecule has 0 fully saturated rings. The molecule has 0 N–H and O–H groups in total. The average Bonchev–Trinajstić information content (AvgIpc) is 3.08.